The molecule has 1 amide bonds. The molecule has 0 aliphatic carbocycles. The number of carbonyl (C=O) groups is 1. The number of rotatable bonds is 3. The van der Waals surface area contributed by atoms with Crippen LogP contribution in [-0.2, 0) is 10.9 Å². The second-order valence-corrected chi connectivity index (χ2v) is 5.52. The first-order valence-corrected chi connectivity index (χ1v) is 6.49. The molecule has 1 N–H and O–H groups in total. The highest BCUT2D eigenvalue weighted by molar-refractivity contribution is 5.68. The van der Waals surface area contributed by atoms with Crippen LogP contribution in [0.1, 0.15) is 31.9 Å². The predicted molar refractivity (Wildman–Crippen MR) is 74.7 cm³/mol. The monoisotopic (exact) mass is 319 g/mol. The van der Waals surface area contributed by atoms with Crippen molar-refractivity contribution < 1.29 is 27.1 Å². The van der Waals surface area contributed by atoms with Gasteiger partial charge in [0.25, 0.3) is 0 Å². The number of alkyl carbamates (subject to hydrolysis) is 1. The Kier molecular flexibility index (Phi) is 5.57. The Hall–Kier alpha value is -2.05. The van der Waals surface area contributed by atoms with Crippen molar-refractivity contribution >= 4 is 12.2 Å². The van der Waals surface area contributed by atoms with E-state index < -0.39 is 29.3 Å². The SMILES string of the molecule is CC(C)(C)OC(=O)NCC=Cc1ccc(C(F)(F)F)cc1F. The second kappa shape index (κ2) is 6.81. The van der Waals surface area contributed by atoms with Gasteiger partial charge in [0.05, 0.1) is 5.56 Å². The quantitative estimate of drug-likeness (QED) is 0.840. The van der Waals surface area contributed by atoms with Crippen LogP contribution < -0.4 is 5.32 Å². The second-order valence-electron chi connectivity index (χ2n) is 5.52. The van der Waals surface area contributed by atoms with Gasteiger partial charge < -0.3 is 10.1 Å². The van der Waals surface area contributed by atoms with E-state index in [1.165, 1.54) is 12.2 Å². The summed E-state index contributed by atoms with van der Waals surface area (Å²) in [5.74, 6) is -0.983. The Morgan fingerprint density at radius 1 is 1.27 bits per heavy atom. The lowest BCUT2D eigenvalue weighted by molar-refractivity contribution is -0.137. The Morgan fingerprint density at radius 2 is 1.91 bits per heavy atom. The number of ether oxygens (including phenoxy) is 1. The molecule has 1 aromatic rings. The normalized spacial score (nSPS) is 12.5. The highest BCUT2D eigenvalue weighted by Gasteiger charge is 2.30. The van der Waals surface area contributed by atoms with E-state index in [4.69, 9.17) is 4.74 Å². The number of nitrogens with one attached hydrogen (secondary N) is 1. The zero-order valence-electron chi connectivity index (χ0n) is 12.4. The minimum atomic E-state index is -4.58. The van der Waals surface area contributed by atoms with Crippen LogP contribution >= 0.6 is 0 Å². The molecular formula is C15H17F4NO2. The van der Waals surface area contributed by atoms with Crippen LogP contribution in [0.3, 0.4) is 0 Å². The molecule has 7 heteroatoms. The van der Waals surface area contributed by atoms with Gasteiger partial charge in [0, 0.05) is 12.1 Å². The van der Waals surface area contributed by atoms with Crippen molar-refractivity contribution in [2.45, 2.75) is 32.5 Å². The van der Waals surface area contributed by atoms with E-state index in [-0.39, 0.29) is 12.1 Å². The molecule has 0 saturated carbocycles. The number of amides is 1. The summed E-state index contributed by atoms with van der Waals surface area (Å²) < 4.78 is 55.7. The maximum Gasteiger partial charge on any atom is 0.416 e. The highest BCUT2D eigenvalue weighted by Crippen LogP contribution is 2.30. The van der Waals surface area contributed by atoms with Gasteiger partial charge >= 0.3 is 12.3 Å². The molecular weight excluding hydrogens is 302 g/mol. The number of benzene rings is 1. The van der Waals surface area contributed by atoms with E-state index in [1.807, 2.05) is 0 Å². The molecule has 0 fully saturated rings. The van der Waals surface area contributed by atoms with E-state index in [0.717, 1.165) is 12.1 Å². The molecule has 1 aromatic carbocycles. The van der Waals surface area contributed by atoms with Gasteiger partial charge in [-0.05, 0) is 32.9 Å². The number of carbonyl (C=O) groups excluding carboxylic acids is 1. The lowest BCUT2D eigenvalue weighted by Crippen LogP contribution is -2.32. The van der Waals surface area contributed by atoms with Gasteiger partial charge in [-0.25, -0.2) is 9.18 Å². The van der Waals surface area contributed by atoms with Crippen LogP contribution in [0, 0.1) is 5.82 Å². The van der Waals surface area contributed by atoms with E-state index >= 15 is 0 Å². The van der Waals surface area contributed by atoms with Gasteiger partial charge in [0.2, 0.25) is 0 Å². The van der Waals surface area contributed by atoms with Crippen LogP contribution in [0.15, 0.2) is 24.3 Å². The van der Waals surface area contributed by atoms with Crippen LogP contribution in [0.4, 0.5) is 22.4 Å². The Balaban J connectivity index is 2.59. The number of halogens is 4. The molecule has 1 rings (SSSR count). The lowest BCUT2D eigenvalue weighted by Gasteiger charge is -2.19. The summed E-state index contributed by atoms with van der Waals surface area (Å²) in [5.41, 5.74) is -1.68. The van der Waals surface area contributed by atoms with Crippen molar-refractivity contribution in [3.63, 3.8) is 0 Å². The first-order chi connectivity index (χ1) is 9.99. The van der Waals surface area contributed by atoms with Crippen LogP contribution in [-0.4, -0.2) is 18.2 Å². The van der Waals surface area contributed by atoms with Crippen molar-refractivity contribution in [2.75, 3.05) is 6.54 Å². The van der Waals surface area contributed by atoms with Crippen molar-refractivity contribution in [3.05, 3.63) is 41.2 Å². The molecule has 0 heterocycles. The molecule has 0 saturated heterocycles. The number of hydrogen-bond donors (Lipinski definition) is 1. The van der Waals surface area contributed by atoms with E-state index in [0.29, 0.717) is 6.07 Å². The maximum atomic E-state index is 13.5. The summed E-state index contributed by atoms with van der Waals surface area (Å²) in [6.07, 6.45) is -2.52. The molecule has 22 heavy (non-hydrogen) atoms. The summed E-state index contributed by atoms with van der Waals surface area (Å²) in [6, 6.07) is 2.26. The van der Waals surface area contributed by atoms with Gasteiger partial charge in [0.15, 0.2) is 0 Å². The lowest BCUT2D eigenvalue weighted by atomic mass is 10.1. The summed E-state index contributed by atoms with van der Waals surface area (Å²) >= 11 is 0. The van der Waals surface area contributed by atoms with Crippen LogP contribution in [0.2, 0.25) is 0 Å². The fraction of sp³-hybridized carbons (Fsp3) is 0.400. The summed E-state index contributed by atoms with van der Waals surface area (Å²) in [4.78, 5) is 11.3. The van der Waals surface area contributed by atoms with Crippen molar-refractivity contribution in [1.82, 2.24) is 5.32 Å². The first-order valence-electron chi connectivity index (χ1n) is 6.49. The third-order valence-corrected chi connectivity index (χ3v) is 2.39. The molecule has 0 aromatic heterocycles. The minimum absolute atomic E-state index is 0.000936. The van der Waals surface area contributed by atoms with E-state index in [9.17, 15) is 22.4 Å². The third-order valence-electron chi connectivity index (χ3n) is 2.39. The zero-order chi connectivity index (χ0) is 17.0. The molecule has 0 aliphatic rings. The van der Waals surface area contributed by atoms with Gasteiger partial charge in [-0.2, -0.15) is 13.2 Å². The van der Waals surface area contributed by atoms with Gasteiger partial charge in [0.1, 0.15) is 11.4 Å². The smallest absolute Gasteiger partial charge is 0.416 e. The van der Waals surface area contributed by atoms with Gasteiger partial charge in [-0.3, -0.25) is 0 Å². The van der Waals surface area contributed by atoms with Crippen molar-refractivity contribution in [3.8, 4) is 0 Å². The Morgan fingerprint density at radius 3 is 2.41 bits per heavy atom. The minimum Gasteiger partial charge on any atom is -0.444 e. The average molecular weight is 319 g/mol. The molecule has 0 unspecified atom stereocenters. The van der Waals surface area contributed by atoms with E-state index in [2.05, 4.69) is 5.32 Å². The number of hydrogen-bond acceptors (Lipinski definition) is 2. The molecule has 0 spiro atoms. The van der Waals surface area contributed by atoms with E-state index in [1.54, 1.807) is 20.8 Å². The molecule has 0 aliphatic heterocycles. The molecule has 122 valence electrons. The van der Waals surface area contributed by atoms with Crippen molar-refractivity contribution in [1.29, 1.82) is 0 Å². The predicted octanol–water partition coefficient (Wildman–Crippen LogP) is 4.38. The highest BCUT2D eigenvalue weighted by atomic mass is 19.4. The van der Waals surface area contributed by atoms with Crippen LogP contribution in [0.25, 0.3) is 6.08 Å². The van der Waals surface area contributed by atoms with Gasteiger partial charge in [-0.15, -0.1) is 0 Å². The van der Waals surface area contributed by atoms with Crippen molar-refractivity contribution in [2.24, 2.45) is 0 Å². The maximum absolute atomic E-state index is 13.5. The molecule has 3 nitrogen and oxygen atoms in total. The molecule has 0 bridgehead atoms. The largest absolute Gasteiger partial charge is 0.444 e. The average Bonchev–Trinajstić information content (AvgIpc) is 2.32. The summed E-state index contributed by atoms with van der Waals surface area (Å²) in [7, 11) is 0. The zero-order valence-corrected chi connectivity index (χ0v) is 12.4. The Bertz CT molecular complexity index is 560. The fourth-order valence-corrected chi connectivity index (χ4v) is 1.48. The number of alkyl halides is 3. The first kappa shape index (κ1) is 18.0. The van der Waals surface area contributed by atoms with Crippen LogP contribution in [0.5, 0.6) is 0 Å². The summed E-state index contributed by atoms with van der Waals surface area (Å²) in [6.45, 7) is 5.19. The summed E-state index contributed by atoms with van der Waals surface area (Å²) in [5, 5.41) is 2.41. The topological polar surface area (TPSA) is 38.3 Å². The molecule has 0 radical (unpaired) electrons. The van der Waals surface area contributed by atoms with Gasteiger partial charge in [-0.1, -0.05) is 18.2 Å². The molecule has 0 atom stereocenters. The fourth-order valence-electron chi connectivity index (χ4n) is 1.48. The standard InChI is InChI=1S/C15H17F4NO2/c1-14(2,3)22-13(21)20-8-4-5-10-6-7-11(9-12(10)16)15(17,18)19/h4-7,9H,8H2,1-3H3,(H,20,21). The third kappa shape index (κ3) is 6.15. The Labute approximate surface area is 126 Å².